The van der Waals surface area contributed by atoms with E-state index in [9.17, 15) is 22.8 Å². The Bertz CT molecular complexity index is 1170. The molecule has 2 fully saturated rings. The van der Waals surface area contributed by atoms with Gasteiger partial charge in [-0.2, -0.15) is 18.3 Å². The number of alkyl halides is 3. The molecule has 0 spiro atoms. The van der Waals surface area contributed by atoms with Gasteiger partial charge in [-0.05, 0) is 43.2 Å². The molecule has 2 aliphatic rings. The molecule has 0 N–H and O–H groups in total. The van der Waals surface area contributed by atoms with Crippen molar-refractivity contribution in [3.8, 4) is 11.5 Å². The zero-order valence-corrected chi connectivity index (χ0v) is 17.7. The van der Waals surface area contributed by atoms with Gasteiger partial charge in [0.25, 0.3) is 5.91 Å². The SMILES string of the molecule is O=C(c1cnn(-c2cccc(C(F)(F)F)c2)c1-n1cccc1)N1CCN(C(=O)C2CC2)CC1. The van der Waals surface area contributed by atoms with Crippen LogP contribution >= 0.6 is 0 Å². The van der Waals surface area contributed by atoms with Crippen LogP contribution in [-0.2, 0) is 11.0 Å². The first-order valence-corrected chi connectivity index (χ1v) is 10.8. The summed E-state index contributed by atoms with van der Waals surface area (Å²) in [5, 5.41) is 4.27. The average Bonchev–Trinajstić information content (AvgIpc) is 3.34. The fourth-order valence-corrected chi connectivity index (χ4v) is 4.11. The molecular formula is C23H22F3N5O2. The van der Waals surface area contributed by atoms with Gasteiger partial charge in [0.2, 0.25) is 5.91 Å². The molecule has 1 aliphatic heterocycles. The molecule has 33 heavy (non-hydrogen) atoms. The lowest BCUT2D eigenvalue weighted by molar-refractivity contribution is -0.137. The van der Waals surface area contributed by atoms with E-state index in [2.05, 4.69) is 5.10 Å². The second-order valence-electron chi connectivity index (χ2n) is 8.32. The van der Waals surface area contributed by atoms with Gasteiger partial charge in [-0.15, -0.1) is 0 Å². The third kappa shape index (κ3) is 4.12. The Hall–Kier alpha value is -3.56. The van der Waals surface area contributed by atoms with Gasteiger partial charge >= 0.3 is 6.18 Å². The Morgan fingerprint density at radius 2 is 1.61 bits per heavy atom. The Labute approximate surface area is 188 Å². The number of piperazine rings is 1. The summed E-state index contributed by atoms with van der Waals surface area (Å²) < 4.78 is 42.8. The highest BCUT2D eigenvalue weighted by Crippen LogP contribution is 2.32. The number of nitrogens with zero attached hydrogens (tertiary/aromatic N) is 5. The summed E-state index contributed by atoms with van der Waals surface area (Å²) in [6, 6.07) is 8.37. The molecule has 3 aromatic rings. The predicted molar refractivity (Wildman–Crippen MR) is 113 cm³/mol. The van der Waals surface area contributed by atoms with Crippen LogP contribution in [0.1, 0.15) is 28.8 Å². The Kier molecular flexibility index (Phi) is 5.22. The third-order valence-corrected chi connectivity index (χ3v) is 6.05. The first-order chi connectivity index (χ1) is 15.8. The van der Waals surface area contributed by atoms with Crippen molar-refractivity contribution >= 4 is 11.8 Å². The van der Waals surface area contributed by atoms with Crippen LogP contribution in [0.3, 0.4) is 0 Å². The zero-order valence-electron chi connectivity index (χ0n) is 17.7. The number of hydrogen-bond donors (Lipinski definition) is 0. The van der Waals surface area contributed by atoms with Crippen LogP contribution in [-0.4, -0.2) is 62.1 Å². The van der Waals surface area contributed by atoms with Gasteiger partial charge in [0, 0.05) is 44.5 Å². The lowest BCUT2D eigenvalue weighted by Crippen LogP contribution is -2.51. The molecule has 5 rings (SSSR count). The fraction of sp³-hybridized carbons (Fsp3) is 0.348. The molecule has 2 amide bonds. The number of carbonyl (C=O) groups excluding carboxylic acids is 2. The predicted octanol–water partition coefficient (Wildman–Crippen LogP) is 3.38. The number of benzene rings is 1. The quantitative estimate of drug-likeness (QED) is 0.604. The number of carbonyl (C=O) groups is 2. The van der Waals surface area contributed by atoms with Crippen molar-refractivity contribution in [1.29, 1.82) is 0 Å². The number of halogens is 3. The van der Waals surface area contributed by atoms with Gasteiger partial charge in [-0.1, -0.05) is 6.07 Å². The van der Waals surface area contributed by atoms with Gasteiger partial charge in [0.15, 0.2) is 5.82 Å². The van der Waals surface area contributed by atoms with E-state index < -0.39 is 11.7 Å². The number of rotatable bonds is 4. The smallest absolute Gasteiger partial charge is 0.339 e. The van der Waals surface area contributed by atoms with Crippen molar-refractivity contribution in [2.24, 2.45) is 5.92 Å². The standard InChI is InChI=1S/C23H22F3N5O2/c24-23(25,26)17-4-3-5-18(14-17)31-20(28-8-1-2-9-28)19(15-27-31)22(33)30-12-10-29(11-13-30)21(32)16-6-7-16/h1-5,8-9,14-16H,6-7,10-13H2. The number of aromatic nitrogens is 3. The van der Waals surface area contributed by atoms with Crippen LogP contribution in [0.15, 0.2) is 55.0 Å². The van der Waals surface area contributed by atoms with E-state index in [1.54, 1.807) is 38.9 Å². The maximum absolute atomic E-state index is 13.4. The number of amides is 2. The monoisotopic (exact) mass is 457 g/mol. The molecule has 1 saturated carbocycles. The van der Waals surface area contributed by atoms with Gasteiger partial charge < -0.3 is 14.4 Å². The summed E-state index contributed by atoms with van der Waals surface area (Å²) in [4.78, 5) is 29.2. The molecule has 0 radical (unpaired) electrons. The maximum atomic E-state index is 13.4. The van der Waals surface area contributed by atoms with Gasteiger partial charge in [-0.3, -0.25) is 9.59 Å². The Balaban J connectivity index is 1.45. The highest BCUT2D eigenvalue weighted by molar-refractivity contribution is 5.97. The van der Waals surface area contributed by atoms with E-state index in [4.69, 9.17) is 0 Å². The summed E-state index contributed by atoms with van der Waals surface area (Å²) >= 11 is 0. The van der Waals surface area contributed by atoms with Crippen molar-refractivity contribution in [3.63, 3.8) is 0 Å². The van der Waals surface area contributed by atoms with E-state index >= 15 is 0 Å². The largest absolute Gasteiger partial charge is 0.416 e. The number of hydrogen-bond acceptors (Lipinski definition) is 3. The van der Waals surface area contributed by atoms with Crippen LogP contribution in [0.25, 0.3) is 11.5 Å². The van der Waals surface area contributed by atoms with Crippen molar-refractivity contribution < 1.29 is 22.8 Å². The topological polar surface area (TPSA) is 63.4 Å². The molecule has 3 heterocycles. The van der Waals surface area contributed by atoms with Crippen molar-refractivity contribution in [3.05, 3.63) is 66.1 Å². The van der Waals surface area contributed by atoms with E-state index in [1.807, 2.05) is 0 Å². The first kappa shape index (κ1) is 21.3. The fourth-order valence-electron chi connectivity index (χ4n) is 4.11. The molecule has 172 valence electrons. The van der Waals surface area contributed by atoms with Gasteiger partial charge in [0.05, 0.1) is 17.4 Å². The third-order valence-electron chi connectivity index (χ3n) is 6.05. The van der Waals surface area contributed by atoms with E-state index in [0.717, 1.165) is 25.0 Å². The van der Waals surface area contributed by atoms with Crippen molar-refractivity contribution in [2.45, 2.75) is 19.0 Å². The Morgan fingerprint density at radius 1 is 0.939 bits per heavy atom. The van der Waals surface area contributed by atoms with E-state index in [1.165, 1.54) is 23.0 Å². The van der Waals surface area contributed by atoms with Crippen LogP contribution in [0.4, 0.5) is 13.2 Å². The second kappa shape index (κ2) is 8.09. The molecule has 1 saturated heterocycles. The molecular weight excluding hydrogens is 435 g/mol. The molecule has 0 atom stereocenters. The van der Waals surface area contributed by atoms with Crippen LogP contribution in [0.5, 0.6) is 0 Å². The minimum atomic E-state index is -4.49. The summed E-state index contributed by atoms with van der Waals surface area (Å²) in [5.74, 6) is 0.391. The minimum Gasteiger partial charge on any atom is -0.339 e. The summed E-state index contributed by atoms with van der Waals surface area (Å²) in [5.41, 5.74) is -0.309. The Morgan fingerprint density at radius 3 is 2.24 bits per heavy atom. The molecule has 1 aromatic carbocycles. The van der Waals surface area contributed by atoms with Crippen LogP contribution in [0, 0.1) is 5.92 Å². The van der Waals surface area contributed by atoms with Crippen LogP contribution in [0.2, 0.25) is 0 Å². The molecule has 0 unspecified atom stereocenters. The van der Waals surface area contributed by atoms with Gasteiger partial charge in [-0.25, -0.2) is 4.68 Å². The van der Waals surface area contributed by atoms with Crippen molar-refractivity contribution in [1.82, 2.24) is 24.1 Å². The normalized spacial score (nSPS) is 16.8. The lowest BCUT2D eigenvalue weighted by Gasteiger charge is -2.35. The lowest BCUT2D eigenvalue weighted by atomic mass is 10.2. The molecule has 7 nitrogen and oxygen atoms in total. The summed E-state index contributed by atoms with van der Waals surface area (Å²) in [7, 11) is 0. The minimum absolute atomic E-state index is 0.137. The van der Waals surface area contributed by atoms with E-state index in [-0.39, 0.29) is 29.0 Å². The van der Waals surface area contributed by atoms with Gasteiger partial charge in [0.1, 0.15) is 5.56 Å². The highest BCUT2D eigenvalue weighted by Gasteiger charge is 2.36. The highest BCUT2D eigenvalue weighted by atomic mass is 19.4. The van der Waals surface area contributed by atoms with Crippen molar-refractivity contribution in [2.75, 3.05) is 26.2 Å². The molecule has 1 aliphatic carbocycles. The molecule has 0 bridgehead atoms. The maximum Gasteiger partial charge on any atom is 0.416 e. The van der Waals surface area contributed by atoms with Crippen LogP contribution < -0.4 is 0 Å². The zero-order chi connectivity index (χ0) is 23.2. The molecule has 2 aromatic heterocycles. The first-order valence-electron chi connectivity index (χ1n) is 10.8. The van der Waals surface area contributed by atoms with E-state index in [0.29, 0.717) is 32.0 Å². The summed E-state index contributed by atoms with van der Waals surface area (Å²) in [6.07, 6.45) is 2.20. The summed E-state index contributed by atoms with van der Waals surface area (Å²) in [6.45, 7) is 1.75. The second-order valence-corrected chi connectivity index (χ2v) is 8.32. The molecule has 10 heteroatoms. The average molecular weight is 457 g/mol.